The van der Waals surface area contributed by atoms with Gasteiger partial charge in [0.25, 0.3) is 0 Å². The van der Waals surface area contributed by atoms with Crippen LogP contribution in [-0.4, -0.2) is 24.2 Å². The smallest absolute Gasteiger partial charge is 0.744 e. The Hall–Kier alpha value is -0.468. The standard InChI is InChI=1S/C9H13N.CH4N2S.Pd/c1-10(2)8-9-6-4-3-5-7-9;2-1(3)4;/h3-7H,8H2,1-2H3;(H4,2,3,4);/q;;+2/p-1. The Morgan fingerprint density at radius 1 is 1.33 bits per heavy atom. The number of amidine groups is 1. The second kappa shape index (κ2) is 10.1. The van der Waals surface area contributed by atoms with Crippen molar-refractivity contribution in [2.24, 2.45) is 5.73 Å². The van der Waals surface area contributed by atoms with Gasteiger partial charge in [-0.15, -0.1) is 0 Å². The summed E-state index contributed by atoms with van der Waals surface area (Å²) in [5.41, 5.74) is 5.88. The van der Waals surface area contributed by atoms with Gasteiger partial charge in [0.15, 0.2) is 0 Å². The van der Waals surface area contributed by atoms with E-state index in [2.05, 4.69) is 61.6 Å². The van der Waals surface area contributed by atoms with Crippen molar-refractivity contribution in [3.05, 3.63) is 35.9 Å². The molecule has 0 amide bonds. The normalized spacial score (nSPS) is 8.47. The zero-order chi connectivity index (χ0) is 11.0. The summed E-state index contributed by atoms with van der Waals surface area (Å²) in [6, 6.07) is 10.5. The van der Waals surface area contributed by atoms with Gasteiger partial charge >= 0.3 is 20.4 Å². The predicted octanol–water partition coefficient (Wildman–Crippen LogP) is 1.17. The molecule has 0 saturated carbocycles. The van der Waals surface area contributed by atoms with Crippen molar-refractivity contribution in [1.82, 2.24) is 4.90 Å². The van der Waals surface area contributed by atoms with Gasteiger partial charge in [0.1, 0.15) is 0 Å². The number of hydrogen-bond donors (Lipinski definition) is 2. The Labute approximate surface area is 111 Å². The minimum absolute atomic E-state index is 0. The van der Waals surface area contributed by atoms with Crippen LogP contribution in [-0.2, 0) is 39.6 Å². The molecule has 0 aromatic heterocycles. The first-order chi connectivity index (χ1) is 6.52. The minimum atomic E-state index is -0.250. The van der Waals surface area contributed by atoms with Crippen molar-refractivity contribution in [1.29, 1.82) is 5.41 Å². The molecule has 0 radical (unpaired) electrons. The largest absolute Gasteiger partial charge is 2.00 e. The summed E-state index contributed by atoms with van der Waals surface area (Å²) in [4.78, 5) is 2.16. The van der Waals surface area contributed by atoms with Crippen molar-refractivity contribution in [3.8, 4) is 0 Å². The third-order valence-electron chi connectivity index (χ3n) is 1.34. The Kier molecular flexibility index (Phi) is 11.4. The average Bonchev–Trinajstić information content (AvgIpc) is 2.03. The summed E-state index contributed by atoms with van der Waals surface area (Å²) >= 11 is 3.98. The number of nitrogens with zero attached hydrogens (tertiary/aromatic N) is 1. The van der Waals surface area contributed by atoms with Gasteiger partial charge in [-0.2, -0.15) is 0 Å². The molecule has 15 heavy (non-hydrogen) atoms. The van der Waals surface area contributed by atoms with Gasteiger partial charge < -0.3 is 28.7 Å². The van der Waals surface area contributed by atoms with E-state index in [1.807, 2.05) is 6.07 Å². The van der Waals surface area contributed by atoms with Crippen molar-refractivity contribution in [2.45, 2.75) is 6.54 Å². The number of nitrogens with two attached hydrogens (primary N) is 1. The van der Waals surface area contributed by atoms with Crippen LogP contribution >= 0.6 is 0 Å². The van der Waals surface area contributed by atoms with Crippen LogP contribution in [0.15, 0.2) is 30.3 Å². The van der Waals surface area contributed by atoms with Crippen molar-refractivity contribution < 1.29 is 20.4 Å². The fraction of sp³-hybridized carbons (Fsp3) is 0.300. The van der Waals surface area contributed by atoms with E-state index >= 15 is 0 Å². The van der Waals surface area contributed by atoms with E-state index in [-0.39, 0.29) is 25.6 Å². The molecule has 1 aromatic rings. The number of rotatable bonds is 2. The van der Waals surface area contributed by atoms with Gasteiger partial charge in [0.05, 0.1) is 0 Å². The molecule has 0 unspecified atom stereocenters. The quantitative estimate of drug-likeness (QED) is 0.373. The van der Waals surface area contributed by atoms with Crippen LogP contribution in [0.1, 0.15) is 5.56 Å². The van der Waals surface area contributed by atoms with Gasteiger partial charge in [-0.1, -0.05) is 30.3 Å². The van der Waals surface area contributed by atoms with Crippen LogP contribution in [0.4, 0.5) is 0 Å². The molecule has 3 nitrogen and oxygen atoms in total. The Morgan fingerprint density at radius 3 is 2.07 bits per heavy atom. The summed E-state index contributed by atoms with van der Waals surface area (Å²) in [7, 11) is 4.15. The van der Waals surface area contributed by atoms with Gasteiger partial charge in [-0.3, -0.25) is 0 Å². The fourth-order valence-electron chi connectivity index (χ4n) is 0.949. The first-order valence-electron chi connectivity index (χ1n) is 4.22. The molecule has 0 atom stereocenters. The average molecular weight is 317 g/mol. The molecule has 0 spiro atoms. The summed E-state index contributed by atoms with van der Waals surface area (Å²) in [5.74, 6) is 0. The van der Waals surface area contributed by atoms with Crippen LogP contribution in [0.3, 0.4) is 0 Å². The third kappa shape index (κ3) is 13.5. The molecule has 0 saturated heterocycles. The van der Waals surface area contributed by atoms with E-state index in [0.29, 0.717) is 0 Å². The predicted molar refractivity (Wildman–Crippen MR) is 63.1 cm³/mol. The summed E-state index contributed by atoms with van der Waals surface area (Å²) in [6.07, 6.45) is 0. The van der Waals surface area contributed by atoms with Gasteiger partial charge in [0, 0.05) is 6.54 Å². The molecule has 3 N–H and O–H groups in total. The monoisotopic (exact) mass is 316 g/mol. The van der Waals surface area contributed by atoms with Gasteiger partial charge in [-0.25, -0.2) is 0 Å². The molecule has 0 bridgehead atoms. The molecule has 0 aliphatic heterocycles. The second-order valence-electron chi connectivity index (χ2n) is 3.09. The van der Waals surface area contributed by atoms with Gasteiger partial charge in [-0.05, 0) is 24.8 Å². The first kappa shape index (κ1) is 16.9. The second-order valence-corrected chi connectivity index (χ2v) is 3.53. The summed E-state index contributed by atoms with van der Waals surface area (Å²) in [5, 5.41) is 5.84. The summed E-state index contributed by atoms with van der Waals surface area (Å²) in [6.45, 7) is 1.03. The van der Waals surface area contributed by atoms with E-state index in [1.165, 1.54) is 5.56 Å². The van der Waals surface area contributed by atoms with Gasteiger partial charge in [0.2, 0.25) is 0 Å². The zero-order valence-electron chi connectivity index (χ0n) is 8.84. The number of nitrogens with one attached hydrogen (secondary N) is 1. The van der Waals surface area contributed by atoms with Crippen LogP contribution in [0.5, 0.6) is 0 Å². The van der Waals surface area contributed by atoms with E-state index in [0.717, 1.165) is 6.54 Å². The zero-order valence-corrected chi connectivity index (χ0v) is 11.2. The first-order valence-corrected chi connectivity index (χ1v) is 4.63. The molecule has 0 aliphatic rings. The SMILES string of the molecule is CN(C)Cc1ccccc1.N=C(N)[S-].[Pd+2]. The molecule has 1 aromatic carbocycles. The third-order valence-corrected chi connectivity index (χ3v) is 1.34. The van der Waals surface area contributed by atoms with Crippen LogP contribution in [0, 0.1) is 5.41 Å². The van der Waals surface area contributed by atoms with Crippen LogP contribution < -0.4 is 5.73 Å². The van der Waals surface area contributed by atoms with Crippen molar-refractivity contribution in [3.63, 3.8) is 0 Å². The van der Waals surface area contributed by atoms with E-state index in [9.17, 15) is 0 Å². The topological polar surface area (TPSA) is 53.1 Å². The molecule has 0 heterocycles. The van der Waals surface area contributed by atoms with E-state index in [4.69, 9.17) is 5.41 Å². The van der Waals surface area contributed by atoms with Crippen LogP contribution in [0.2, 0.25) is 0 Å². The summed E-state index contributed by atoms with van der Waals surface area (Å²) < 4.78 is 0. The number of hydrogen-bond acceptors (Lipinski definition) is 3. The Morgan fingerprint density at radius 2 is 1.73 bits per heavy atom. The van der Waals surface area contributed by atoms with Crippen molar-refractivity contribution >= 4 is 17.8 Å². The molecule has 5 heteroatoms. The maximum Gasteiger partial charge on any atom is 2.00 e. The van der Waals surface area contributed by atoms with E-state index < -0.39 is 0 Å². The maximum absolute atomic E-state index is 6.09. The molecule has 86 valence electrons. The molecule has 0 fully saturated rings. The molecule has 1 rings (SSSR count). The Bertz CT molecular complexity index is 261. The number of benzene rings is 1. The fourth-order valence-corrected chi connectivity index (χ4v) is 0.949. The van der Waals surface area contributed by atoms with Crippen molar-refractivity contribution in [2.75, 3.05) is 14.1 Å². The molecule has 0 aliphatic carbocycles. The maximum atomic E-state index is 6.09. The minimum Gasteiger partial charge on any atom is -0.744 e. The molecular weight excluding hydrogens is 301 g/mol. The van der Waals surface area contributed by atoms with E-state index in [1.54, 1.807) is 0 Å². The Balaban J connectivity index is 0. The molecular formula is C10H16N3PdS+. The van der Waals surface area contributed by atoms with Crippen LogP contribution in [0.25, 0.3) is 0 Å².